The summed E-state index contributed by atoms with van der Waals surface area (Å²) in [5, 5.41) is 0.505. The van der Waals surface area contributed by atoms with Crippen molar-refractivity contribution in [2.45, 2.75) is 6.42 Å². The lowest BCUT2D eigenvalue weighted by Gasteiger charge is -2.17. The highest BCUT2D eigenvalue weighted by Gasteiger charge is 2.25. The first-order valence-corrected chi connectivity index (χ1v) is 8.51. The number of halogens is 1. The zero-order chi connectivity index (χ0) is 16.9. The molecule has 0 saturated carbocycles. The number of benzene rings is 2. The van der Waals surface area contributed by atoms with Crippen molar-refractivity contribution in [2.75, 3.05) is 26.2 Å². The number of amides is 1. The Kier molecular flexibility index (Phi) is 5.38. The van der Waals surface area contributed by atoms with E-state index in [2.05, 4.69) is 0 Å². The summed E-state index contributed by atoms with van der Waals surface area (Å²) in [4.78, 5) is 14.0. The van der Waals surface area contributed by atoms with Gasteiger partial charge >= 0.3 is 0 Å². The number of hydrogen-bond donors (Lipinski definition) is 1. The van der Waals surface area contributed by atoms with Crippen molar-refractivity contribution < 1.29 is 9.53 Å². The molecule has 2 N–H and O–H groups in total. The second-order valence-corrected chi connectivity index (χ2v) is 6.44. The van der Waals surface area contributed by atoms with Crippen LogP contribution in [0.5, 0.6) is 5.75 Å². The first-order chi connectivity index (χ1) is 11.7. The monoisotopic (exact) mass is 344 g/mol. The molecule has 0 spiro atoms. The molecule has 0 unspecified atom stereocenters. The summed E-state index contributed by atoms with van der Waals surface area (Å²) in [6.45, 7) is 2.10. The van der Waals surface area contributed by atoms with E-state index < -0.39 is 0 Å². The highest BCUT2D eigenvalue weighted by molar-refractivity contribution is 6.32. The van der Waals surface area contributed by atoms with E-state index >= 15 is 0 Å². The van der Waals surface area contributed by atoms with Gasteiger partial charge in [0.25, 0.3) is 5.91 Å². The van der Waals surface area contributed by atoms with E-state index in [1.807, 2.05) is 53.4 Å². The molecule has 2 aromatic carbocycles. The number of likely N-dealkylation sites (tertiary alicyclic amines) is 1. The van der Waals surface area contributed by atoms with Gasteiger partial charge in [-0.15, -0.1) is 0 Å². The van der Waals surface area contributed by atoms with E-state index in [1.165, 1.54) is 0 Å². The third kappa shape index (κ3) is 3.89. The Hall–Kier alpha value is -2.04. The number of rotatable bonds is 5. The molecule has 3 rings (SSSR count). The Bertz CT molecular complexity index is 706. The molecule has 1 aliphatic heterocycles. The van der Waals surface area contributed by atoms with Crippen LogP contribution < -0.4 is 10.5 Å². The molecule has 0 radical (unpaired) electrons. The highest BCUT2D eigenvalue weighted by atomic mass is 35.5. The molecule has 0 aliphatic carbocycles. The molecule has 0 bridgehead atoms. The van der Waals surface area contributed by atoms with Gasteiger partial charge in [-0.25, -0.2) is 0 Å². The number of hydrogen-bond acceptors (Lipinski definition) is 3. The van der Waals surface area contributed by atoms with Gasteiger partial charge in [0.1, 0.15) is 5.75 Å². The fourth-order valence-corrected chi connectivity index (χ4v) is 3.15. The van der Waals surface area contributed by atoms with E-state index in [0.717, 1.165) is 30.6 Å². The maximum atomic E-state index is 12.2. The highest BCUT2D eigenvalue weighted by Crippen LogP contribution is 2.30. The van der Waals surface area contributed by atoms with Gasteiger partial charge in [-0.3, -0.25) is 4.79 Å². The second kappa shape index (κ2) is 7.69. The van der Waals surface area contributed by atoms with Gasteiger partial charge in [-0.2, -0.15) is 0 Å². The fourth-order valence-electron chi connectivity index (χ4n) is 2.91. The van der Waals surface area contributed by atoms with Crippen LogP contribution in [0.25, 0.3) is 11.1 Å². The van der Waals surface area contributed by atoms with Crippen molar-refractivity contribution in [1.29, 1.82) is 0 Å². The molecule has 1 atom stereocenters. The van der Waals surface area contributed by atoms with Crippen LogP contribution in [0, 0.1) is 5.92 Å². The summed E-state index contributed by atoms with van der Waals surface area (Å²) in [5.41, 5.74) is 7.76. The van der Waals surface area contributed by atoms with Crippen molar-refractivity contribution >= 4 is 17.5 Å². The third-order valence-electron chi connectivity index (χ3n) is 4.36. The quantitative estimate of drug-likeness (QED) is 0.906. The molecular weight excluding hydrogens is 324 g/mol. The van der Waals surface area contributed by atoms with Gasteiger partial charge in [0.05, 0.1) is 5.02 Å². The third-order valence-corrected chi connectivity index (χ3v) is 4.66. The Morgan fingerprint density at radius 2 is 2.00 bits per heavy atom. The minimum Gasteiger partial charge on any atom is -0.482 e. The second-order valence-electron chi connectivity index (χ2n) is 6.03. The molecule has 1 aliphatic rings. The maximum Gasteiger partial charge on any atom is 0.260 e. The molecule has 24 heavy (non-hydrogen) atoms. The molecular formula is C19H21ClN2O2. The van der Waals surface area contributed by atoms with E-state index in [9.17, 15) is 4.79 Å². The maximum absolute atomic E-state index is 12.2. The van der Waals surface area contributed by atoms with E-state index in [-0.39, 0.29) is 12.5 Å². The van der Waals surface area contributed by atoms with Gasteiger partial charge in [0.15, 0.2) is 6.61 Å². The standard InChI is InChI=1S/C19H21ClN2O2/c20-17-10-16(15-4-2-1-3-5-15)6-7-18(17)24-13-19(23)22-9-8-14(11-21)12-22/h1-7,10,14H,8-9,11-13,21H2/t14-/m1/s1. The SMILES string of the molecule is NC[C@H]1CCN(C(=O)COc2ccc(-c3ccccc3)cc2Cl)C1. The molecule has 0 aromatic heterocycles. The molecule has 4 nitrogen and oxygen atoms in total. The van der Waals surface area contributed by atoms with Gasteiger partial charge in [0, 0.05) is 13.1 Å². The predicted molar refractivity (Wildman–Crippen MR) is 96.1 cm³/mol. The van der Waals surface area contributed by atoms with Crippen molar-refractivity contribution in [2.24, 2.45) is 11.7 Å². The van der Waals surface area contributed by atoms with Crippen LogP contribution in [0.15, 0.2) is 48.5 Å². The number of carbonyl (C=O) groups is 1. The first-order valence-electron chi connectivity index (χ1n) is 8.13. The first kappa shape index (κ1) is 16.8. The topological polar surface area (TPSA) is 55.6 Å². The summed E-state index contributed by atoms with van der Waals surface area (Å²) in [6, 6.07) is 15.6. The smallest absolute Gasteiger partial charge is 0.260 e. The average Bonchev–Trinajstić information content (AvgIpc) is 3.10. The molecule has 1 heterocycles. The Morgan fingerprint density at radius 1 is 1.21 bits per heavy atom. The lowest BCUT2D eigenvalue weighted by molar-refractivity contribution is -0.132. The van der Waals surface area contributed by atoms with Gasteiger partial charge in [-0.1, -0.05) is 48.0 Å². The minimum atomic E-state index is -0.0193. The van der Waals surface area contributed by atoms with E-state index in [0.29, 0.717) is 23.2 Å². The number of ether oxygens (including phenoxy) is 1. The van der Waals surface area contributed by atoms with Crippen LogP contribution >= 0.6 is 11.6 Å². The summed E-state index contributed by atoms with van der Waals surface area (Å²) < 4.78 is 5.62. The molecule has 1 fully saturated rings. The zero-order valence-corrected chi connectivity index (χ0v) is 14.2. The van der Waals surface area contributed by atoms with Crippen molar-refractivity contribution in [1.82, 2.24) is 4.90 Å². The Balaban J connectivity index is 1.61. The zero-order valence-electron chi connectivity index (χ0n) is 13.5. The summed E-state index contributed by atoms with van der Waals surface area (Å²) in [7, 11) is 0. The van der Waals surface area contributed by atoms with Crippen molar-refractivity contribution in [3.8, 4) is 16.9 Å². The van der Waals surface area contributed by atoms with Crippen molar-refractivity contribution in [3.05, 3.63) is 53.6 Å². The van der Waals surface area contributed by atoms with Crippen LogP contribution in [0.2, 0.25) is 5.02 Å². The van der Waals surface area contributed by atoms with Crippen LogP contribution in [-0.4, -0.2) is 37.0 Å². The molecule has 126 valence electrons. The summed E-state index contributed by atoms with van der Waals surface area (Å²) >= 11 is 6.30. The van der Waals surface area contributed by atoms with E-state index in [4.69, 9.17) is 22.1 Å². The van der Waals surface area contributed by atoms with Gasteiger partial charge in [-0.05, 0) is 42.1 Å². The lowest BCUT2D eigenvalue weighted by Crippen LogP contribution is -2.33. The van der Waals surface area contributed by atoms with E-state index in [1.54, 1.807) is 0 Å². The van der Waals surface area contributed by atoms with Gasteiger partial charge in [0.2, 0.25) is 0 Å². The summed E-state index contributed by atoms with van der Waals surface area (Å²) in [6.07, 6.45) is 0.967. The van der Waals surface area contributed by atoms with Crippen LogP contribution in [-0.2, 0) is 4.79 Å². The number of carbonyl (C=O) groups excluding carboxylic acids is 1. The van der Waals surface area contributed by atoms with Crippen LogP contribution in [0.1, 0.15) is 6.42 Å². The minimum absolute atomic E-state index is 0.00168. The molecule has 5 heteroatoms. The van der Waals surface area contributed by atoms with Crippen LogP contribution in [0.4, 0.5) is 0 Å². The summed E-state index contributed by atoms with van der Waals surface area (Å²) in [5.74, 6) is 0.913. The molecule has 2 aromatic rings. The lowest BCUT2D eigenvalue weighted by atomic mass is 10.1. The normalized spacial score (nSPS) is 17.1. The van der Waals surface area contributed by atoms with Gasteiger partial charge < -0.3 is 15.4 Å². The van der Waals surface area contributed by atoms with Crippen molar-refractivity contribution in [3.63, 3.8) is 0 Å². The Morgan fingerprint density at radius 3 is 2.67 bits per heavy atom. The molecule has 1 saturated heterocycles. The Labute approximate surface area is 147 Å². The average molecular weight is 345 g/mol. The number of nitrogens with two attached hydrogens (primary N) is 1. The number of nitrogens with zero attached hydrogens (tertiary/aromatic N) is 1. The fraction of sp³-hybridized carbons (Fsp3) is 0.316. The van der Waals surface area contributed by atoms with Crippen LogP contribution in [0.3, 0.4) is 0 Å². The largest absolute Gasteiger partial charge is 0.482 e. The predicted octanol–water partition coefficient (Wildman–Crippen LogP) is 3.19. The molecule has 1 amide bonds.